The molecule has 4 aliphatic heterocycles. The minimum absolute atomic E-state index is 0.0482. The van der Waals surface area contributed by atoms with Crippen molar-refractivity contribution in [3.8, 4) is 50.3 Å². The van der Waals surface area contributed by atoms with Gasteiger partial charge in [-0.25, -0.2) is 9.97 Å². The minimum atomic E-state index is -0.493. The number of non-ortho nitro benzene ring substituents is 1. The number of aromatic nitrogens is 4. The molecule has 7 heterocycles. The van der Waals surface area contributed by atoms with Gasteiger partial charge in [0.1, 0.15) is 5.75 Å². The molecular weight excluding hydrogens is 1070 g/mol. The number of hydrogen-bond acceptors (Lipinski definition) is 13. The molecule has 8 aromatic rings. The van der Waals surface area contributed by atoms with Gasteiger partial charge in [0.05, 0.1) is 27.7 Å². The molecule has 1 unspecified atom stereocenters. The van der Waals surface area contributed by atoms with Crippen LogP contribution in [0.4, 0.5) is 28.4 Å². The topological polar surface area (TPSA) is 259 Å². The van der Waals surface area contributed by atoms with Gasteiger partial charge in [-0.1, -0.05) is 72.8 Å². The number of para-hydroxylation sites is 4. The van der Waals surface area contributed by atoms with Crippen LogP contribution in [0, 0.1) is 10.1 Å². The maximum atomic E-state index is 14.1. The average molecular weight is 1130 g/mol. The molecule has 0 fully saturated rings. The second-order valence-corrected chi connectivity index (χ2v) is 21.1. The van der Waals surface area contributed by atoms with E-state index in [1.807, 2.05) is 146 Å². The van der Waals surface area contributed by atoms with Crippen molar-refractivity contribution < 1.29 is 24.4 Å². The van der Waals surface area contributed by atoms with Crippen molar-refractivity contribution >= 4 is 92.5 Å². The highest BCUT2D eigenvalue weighted by atomic mass is 16.6. The molecule has 0 saturated carbocycles. The summed E-state index contributed by atoms with van der Waals surface area (Å²) >= 11 is 0. The summed E-state index contributed by atoms with van der Waals surface area (Å²) in [6, 6.07) is 42.7. The summed E-state index contributed by atoms with van der Waals surface area (Å²) in [5.41, 5.74) is 13.2. The van der Waals surface area contributed by atoms with Crippen LogP contribution in [0.25, 0.3) is 90.9 Å². The van der Waals surface area contributed by atoms with E-state index in [0.29, 0.717) is 165 Å². The molecule has 3 amide bonds. The number of benzene rings is 5. The van der Waals surface area contributed by atoms with E-state index in [1.54, 1.807) is 0 Å². The molecule has 0 radical (unpaired) electrons. The number of phenolic OH excluding ortho intramolecular Hbond substituents is 1. The van der Waals surface area contributed by atoms with Gasteiger partial charge in [0.15, 0.2) is 0 Å². The van der Waals surface area contributed by atoms with Gasteiger partial charge in [-0.15, -0.1) is 0 Å². The molecule has 0 saturated heterocycles. The van der Waals surface area contributed by atoms with E-state index in [2.05, 4.69) is 52.1 Å². The van der Waals surface area contributed by atoms with E-state index in [-0.39, 0.29) is 55.0 Å². The Balaban J connectivity index is 1.17. The van der Waals surface area contributed by atoms with E-state index >= 15 is 0 Å². The first-order valence-corrected chi connectivity index (χ1v) is 28.6. The van der Waals surface area contributed by atoms with Crippen molar-refractivity contribution in [2.75, 3.05) is 80.2 Å². The predicted octanol–water partition coefficient (Wildman–Crippen LogP) is 10.6. The monoisotopic (exact) mass is 1130 g/mol. The molecule has 0 aliphatic carbocycles. The highest BCUT2D eigenvalue weighted by molar-refractivity contribution is 6.07. The third-order valence-corrected chi connectivity index (χ3v) is 15.5. The first-order valence-electron chi connectivity index (χ1n) is 28.6. The van der Waals surface area contributed by atoms with Gasteiger partial charge >= 0.3 is 0 Å². The molecule has 5 aromatic carbocycles. The van der Waals surface area contributed by atoms with Crippen LogP contribution in [-0.2, 0) is 20.9 Å². The number of carbonyl (C=O) groups excluding carboxylic acids is 3. The predicted molar refractivity (Wildman–Crippen MR) is 337 cm³/mol. The van der Waals surface area contributed by atoms with E-state index in [0.717, 1.165) is 11.1 Å². The quantitative estimate of drug-likeness (QED) is 0.0569. The number of carbonyl (C=O) groups is 3. The zero-order valence-electron chi connectivity index (χ0n) is 46.6. The lowest BCUT2D eigenvalue weighted by atomic mass is 10.0. The first-order chi connectivity index (χ1) is 41.6. The number of anilines is 4. The van der Waals surface area contributed by atoms with E-state index in [1.165, 1.54) is 18.2 Å². The normalized spacial score (nSPS) is 16.1. The van der Waals surface area contributed by atoms with Crippen LogP contribution < -0.4 is 37.2 Å². The number of nitrogens with one attached hydrogen (secondary N) is 9. The van der Waals surface area contributed by atoms with Gasteiger partial charge in [0.2, 0.25) is 17.7 Å². The summed E-state index contributed by atoms with van der Waals surface area (Å²) in [6.07, 6.45) is 8.51. The fourth-order valence-corrected chi connectivity index (χ4v) is 11.3. The van der Waals surface area contributed by atoms with Crippen molar-refractivity contribution in [2.24, 2.45) is 0 Å². The molecule has 12 bridgehead atoms. The highest BCUT2D eigenvalue weighted by Crippen LogP contribution is 2.43. The number of fused-ring (bicyclic) bond motifs is 17. The number of rotatable bonds is 5. The fraction of sp³-hybridized carbons (Fsp3) is 0.197. The number of nitro groups is 1. The summed E-state index contributed by atoms with van der Waals surface area (Å²) in [6.45, 7) is 5.44. The molecule has 1 atom stereocenters. The second-order valence-electron chi connectivity index (χ2n) is 21.1. The lowest BCUT2D eigenvalue weighted by Gasteiger charge is -2.23. The van der Waals surface area contributed by atoms with Crippen molar-refractivity contribution in [1.82, 2.24) is 40.8 Å². The van der Waals surface area contributed by atoms with E-state index in [9.17, 15) is 29.6 Å². The summed E-state index contributed by atoms with van der Waals surface area (Å²) in [4.78, 5) is 74.6. The Morgan fingerprint density at radius 2 is 0.859 bits per heavy atom. The van der Waals surface area contributed by atoms with Gasteiger partial charge in [0.25, 0.3) is 5.69 Å². The Hall–Kier alpha value is -10.1. The molecule has 4 aliphatic rings. The Labute approximate surface area is 489 Å². The number of phenols is 1. The number of nitro benzene ring substituents is 1. The van der Waals surface area contributed by atoms with Crippen molar-refractivity contribution in [3.05, 3.63) is 178 Å². The molecule has 0 spiro atoms. The van der Waals surface area contributed by atoms with E-state index in [4.69, 9.17) is 9.97 Å². The van der Waals surface area contributed by atoms with Crippen molar-refractivity contribution in [2.45, 2.75) is 25.8 Å². The number of amides is 3. The SMILES string of the molecule is O=C1CCNCCN2CCNCCC(=O)Nc3ccccc3-c3c4nc(c(-c5ccccc5NCc5cc([N+](=O)[O-])ccc5O)c5ccc([nH]5)c(c5nc(c(c6ccc3[nH]6)-c3ccccc3NC(=O)CCNCC2)C=C5)-c2ccccc2N1)C=C4. The third-order valence-electron chi connectivity index (χ3n) is 15.5. The van der Waals surface area contributed by atoms with Crippen LogP contribution in [0.5, 0.6) is 5.75 Å². The molecule has 3 aromatic heterocycles. The molecule has 12 rings (SSSR count). The fourth-order valence-electron chi connectivity index (χ4n) is 11.3. The van der Waals surface area contributed by atoms with Gasteiger partial charge in [-0.05, 0) is 78.9 Å². The summed E-state index contributed by atoms with van der Waals surface area (Å²) < 4.78 is 0. The number of H-pyrrole nitrogens is 2. The number of nitrogens with zero attached hydrogens (tertiary/aromatic N) is 4. The Morgan fingerprint density at radius 3 is 1.27 bits per heavy atom. The van der Waals surface area contributed by atoms with Crippen LogP contribution in [0.2, 0.25) is 0 Å². The standard InChI is InChI=1S/C66H63N13O6/c80-59-26-17-42(79(84)85)39-41(59)40-70-47-13-5-1-9-43(47)63-51-18-20-53(71-51)64-44-10-2-6-14-48(44)75-60(81)27-30-67-33-36-78-37-34-68-31-28-61(82)76-49-15-7-3-11-45(49)65(54-21-19-52(63)72-54)56-23-25-58(74-56)66(57-24-22-55(64)73-57)46-12-4-8-16-50(46)77-62(83)29-32-69-35-38-78/h1-26,39,67-71,74,80H,27-38,40H2,(H,75,81)(H,76,82)(H,77,83). The van der Waals surface area contributed by atoms with Crippen LogP contribution in [0.15, 0.2) is 140 Å². The Kier molecular flexibility index (Phi) is 16.5. The van der Waals surface area contributed by atoms with Crippen LogP contribution >= 0.6 is 0 Å². The molecule has 85 heavy (non-hydrogen) atoms. The number of aromatic hydroxyl groups is 1. The van der Waals surface area contributed by atoms with Crippen molar-refractivity contribution in [1.29, 1.82) is 0 Å². The number of aromatic amines is 2. The smallest absolute Gasteiger partial charge is 0.270 e. The van der Waals surface area contributed by atoms with Gasteiger partial charge < -0.3 is 52.3 Å². The molecular formula is C66H63N13O6. The van der Waals surface area contributed by atoms with E-state index < -0.39 is 4.92 Å². The second kappa shape index (κ2) is 25.2. The van der Waals surface area contributed by atoms with Crippen LogP contribution in [0.3, 0.4) is 0 Å². The molecule has 19 nitrogen and oxygen atoms in total. The summed E-state index contributed by atoms with van der Waals surface area (Å²) in [5.74, 6) is -0.571. The van der Waals surface area contributed by atoms with Gasteiger partial charge in [-0.3, -0.25) is 29.4 Å². The Bertz CT molecular complexity index is 4080. The summed E-state index contributed by atoms with van der Waals surface area (Å²) in [5, 5.41) is 46.4. The van der Waals surface area contributed by atoms with Gasteiger partial charge in [0, 0.05) is 192 Å². The molecule has 428 valence electrons. The highest BCUT2D eigenvalue weighted by Gasteiger charge is 2.24. The largest absolute Gasteiger partial charge is 0.508 e. The zero-order valence-corrected chi connectivity index (χ0v) is 46.6. The number of hydrogen-bond donors (Lipinski definition) is 10. The molecule has 10 N–H and O–H groups in total. The lowest BCUT2D eigenvalue weighted by Crippen LogP contribution is -2.41. The average Bonchev–Trinajstić information content (AvgIpc) is 4.12. The van der Waals surface area contributed by atoms with Crippen molar-refractivity contribution in [3.63, 3.8) is 0 Å². The Morgan fingerprint density at radius 1 is 0.482 bits per heavy atom. The molecule has 19 heteroatoms. The maximum absolute atomic E-state index is 14.1. The zero-order chi connectivity index (χ0) is 58.2. The maximum Gasteiger partial charge on any atom is 0.270 e. The third kappa shape index (κ3) is 12.4. The van der Waals surface area contributed by atoms with Crippen LogP contribution in [0.1, 0.15) is 47.6 Å². The van der Waals surface area contributed by atoms with Crippen LogP contribution in [-0.4, -0.2) is 111 Å². The first kappa shape index (κ1) is 55.5. The van der Waals surface area contributed by atoms with Gasteiger partial charge in [-0.2, -0.15) is 0 Å². The minimum Gasteiger partial charge on any atom is -0.508 e. The lowest BCUT2D eigenvalue weighted by molar-refractivity contribution is -0.384. The summed E-state index contributed by atoms with van der Waals surface area (Å²) in [7, 11) is 0.